The van der Waals surface area contributed by atoms with Crippen LogP contribution in [0.15, 0.2) is 29.8 Å². The molecule has 0 amide bonds. The van der Waals surface area contributed by atoms with Crippen LogP contribution in [-0.2, 0) is 6.42 Å². The average Bonchev–Trinajstić information content (AvgIpc) is 2.65. The first kappa shape index (κ1) is 9.69. The van der Waals surface area contributed by atoms with Gasteiger partial charge in [0, 0.05) is 17.1 Å². The standard InChI is InChI=1S/C11H10ClNS/c1-2-8-3-4-10(13-6-8)9-5-11(12)14-7-9/h3-7H,2H2,1H3. The van der Waals surface area contributed by atoms with E-state index in [1.54, 1.807) is 0 Å². The van der Waals surface area contributed by atoms with Crippen molar-refractivity contribution in [2.24, 2.45) is 0 Å². The molecule has 14 heavy (non-hydrogen) atoms. The SMILES string of the molecule is CCc1ccc(-c2csc(Cl)c2)nc1. The van der Waals surface area contributed by atoms with Gasteiger partial charge in [0.2, 0.25) is 0 Å². The molecule has 0 bridgehead atoms. The summed E-state index contributed by atoms with van der Waals surface area (Å²) in [7, 11) is 0. The molecular formula is C11H10ClNS. The zero-order chi connectivity index (χ0) is 9.97. The molecule has 0 atom stereocenters. The third-order valence-corrected chi connectivity index (χ3v) is 3.19. The third kappa shape index (κ3) is 1.97. The van der Waals surface area contributed by atoms with E-state index in [2.05, 4.69) is 18.0 Å². The molecule has 0 fully saturated rings. The largest absolute Gasteiger partial charge is 0.256 e. The van der Waals surface area contributed by atoms with Crippen molar-refractivity contribution in [2.75, 3.05) is 0 Å². The van der Waals surface area contributed by atoms with Crippen LogP contribution < -0.4 is 0 Å². The molecule has 0 aliphatic carbocycles. The van der Waals surface area contributed by atoms with Gasteiger partial charge in [-0.2, -0.15) is 0 Å². The van der Waals surface area contributed by atoms with Crippen molar-refractivity contribution in [1.29, 1.82) is 0 Å². The molecule has 2 aromatic rings. The van der Waals surface area contributed by atoms with E-state index in [9.17, 15) is 0 Å². The molecular weight excluding hydrogens is 214 g/mol. The Bertz CT molecular complexity index is 419. The summed E-state index contributed by atoms with van der Waals surface area (Å²) in [5, 5.41) is 2.02. The minimum absolute atomic E-state index is 0.807. The maximum atomic E-state index is 5.86. The highest BCUT2D eigenvalue weighted by Gasteiger charge is 2.01. The van der Waals surface area contributed by atoms with E-state index in [0.29, 0.717) is 0 Å². The molecule has 3 heteroatoms. The van der Waals surface area contributed by atoms with Crippen molar-refractivity contribution < 1.29 is 0 Å². The fourth-order valence-electron chi connectivity index (χ4n) is 1.25. The number of halogens is 1. The number of thiophene rings is 1. The van der Waals surface area contributed by atoms with Gasteiger partial charge >= 0.3 is 0 Å². The van der Waals surface area contributed by atoms with Gasteiger partial charge in [0.1, 0.15) is 0 Å². The minimum atomic E-state index is 0.807. The predicted octanol–water partition coefficient (Wildman–Crippen LogP) is 4.03. The summed E-state index contributed by atoms with van der Waals surface area (Å²) in [4.78, 5) is 4.38. The Kier molecular flexibility index (Phi) is 2.85. The van der Waals surface area contributed by atoms with Gasteiger partial charge in [0.05, 0.1) is 10.0 Å². The highest BCUT2D eigenvalue weighted by atomic mass is 35.5. The fraction of sp³-hybridized carbons (Fsp3) is 0.182. The van der Waals surface area contributed by atoms with Crippen molar-refractivity contribution in [3.63, 3.8) is 0 Å². The van der Waals surface area contributed by atoms with E-state index in [1.165, 1.54) is 16.9 Å². The molecule has 0 N–H and O–H groups in total. The Balaban J connectivity index is 2.33. The maximum Gasteiger partial charge on any atom is 0.0935 e. The third-order valence-electron chi connectivity index (χ3n) is 2.10. The second-order valence-electron chi connectivity index (χ2n) is 3.04. The number of aryl methyl sites for hydroxylation is 1. The van der Waals surface area contributed by atoms with Gasteiger partial charge in [-0.25, -0.2) is 0 Å². The topological polar surface area (TPSA) is 12.9 Å². The summed E-state index contributed by atoms with van der Waals surface area (Å²) in [6, 6.07) is 6.09. The molecule has 0 aliphatic heterocycles. The van der Waals surface area contributed by atoms with E-state index in [4.69, 9.17) is 11.6 Å². The quantitative estimate of drug-likeness (QED) is 0.749. The van der Waals surface area contributed by atoms with Crippen molar-refractivity contribution in [3.05, 3.63) is 39.7 Å². The van der Waals surface area contributed by atoms with Crippen LogP contribution in [0.3, 0.4) is 0 Å². The van der Waals surface area contributed by atoms with Crippen molar-refractivity contribution in [1.82, 2.24) is 4.98 Å². The first-order valence-electron chi connectivity index (χ1n) is 4.49. The minimum Gasteiger partial charge on any atom is -0.256 e. The molecule has 0 unspecified atom stereocenters. The Labute approximate surface area is 92.4 Å². The monoisotopic (exact) mass is 223 g/mol. The second-order valence-corrected chi connectivity index (χ2v) is 4.59. The summed E-state index contributed by atoms with van der Waals surface area (Å²) in [6.45, 7) is 2.12. The van der Waals surface area contributed by atoms with E-state index in [1.807, 2.05) is 23.7 Å². The number of pyridine rings is 1. The molecule has 2 rings (SSSR count). The first-order chi connectivity index (χ1) is 6.79. The second kappa shape index (κ2) is 4.11. The highest BCUT2D eigenvalue weighted by molar-refractivity contribution is 7.14. The normalized spacial score (nSPS) is 10.4. The Morgan fingerprint density at radius 1 is 1.43 bits per heavy atom. The summed E-state index contributed by atoms with van der Waals surface area (Å²) < 4.78 is 0.807. The smallest absolute Gasteiger partial charge is 0.0935 e. The molecule has 1 nitrogen and oxygen atoms in total. The molecule has 2 heterocycles. The lowest BCUT2D eigenvalue weighted by Gasteiger charge is -1.98. The summed E-state index contributed by atoms with van der Waals surface area (Å²) >= 11 is 7.39. The van der Waals surface area contributed by atoms with Crippen molar-refractivity contribution in [2.45, 2.75) is 13.3 Å². The molecule has 0 aliphatic rings. The van der Waals surface area contributed by atoms with Gasteiger partial charge in [0.15, 0.2) is 0 Å². The van der Waals surface area contributed by atoms with E-state index in [-0.39, 0.29) is 0 Å². The van der Waals surface area contributed by atoms with Crippen LogP contribution in [-0.4, -0.2) is 4.98 Å². The lowest BCUT2D eigenvalue weighted by Crippen LogP contribution is -1.84. The predicted molar refractivity (Wildman–Crippen MR) is 61.9 cm³/mol. The van der Waals surface area contributed by atoms with Crippen LogP contribution >= 0.6 is 22.9 Å². The molecule has 72 valence electrons. The number of hydrogen-bond donors (Lipinski definition) is 0. The summed E-state index contributed by atoms with van der Waals surface area (Å²) in [6.07, 6.45) is 2.94. The van der Waals surface area contributed by atoms with Gasteiger partial charge in [0.25, 0.3) is 0 Å². The lowest BCUT2D eigenvalue weighted by molar-refractivity contribution is 1.11. The van der Waals surface area contributed by atoms with Crippen LogP contribution in [0, 0.1) is 0 Å². The number of rotatable bonds is 2. The molecule has 2 aromatic heterocycles. The Hall–Kier alpha value is -0.860. The van der Waals surface area contributed by atoms with Crippen molar-refractivity contribution in [3.8, 4) is 11.3 Å². The van der Waals surface area contributed by atoms with Gasteiger partial charge in [-0.1, -0.05) is 24.6 Å². The summed E-state index contributed by atoms with van der Waals surface area (Å²) in [5.41, 5.74) is 3.35. The van der Waals surface area contributed by atoms with E-state index >= 15 is 0 Å². The van der Waals surface area contributed by atoms with Crippen LogP contribution in [0.25, 0.3) is 11.3 Å². The number of hydrogen-bond acceptors (Lipinski definition) is 2. The maximum absolute atomic E-state index is 5.86. The van der Waals surface area contributed by atoms with Crippen molar-refractivity contribution >= 4 is 22.9 Å². The van der Waals surface area contributed by atoms with E-state index < -0.39 is 0 Å². The van der Waals surface area contributed by atoms with Gasteiger partial charge in [-0.3, -0.25) is 4.98 Å². The Morgan fingerprint density at radius 3 is 2.79 bits per heavy atom. The van der Waals surface area contributed by atoms with Gasteiger partial charge in [-0.15, -0.1) is 11.3 Å². The first-order valence-corrected chi connectivity index (χ1v) is 5.74. The number of nitrogens with zero attached hydrogens (tertiary/aromatic N) is 1. The van der Waals surface area contributed by atoms with Crippen LogP contribution in [0.4, 0.5) is 0 Å². The lowest BCUT2D eigenvalue weighted by atomic mass is 10.1. The van der Waals surface area contributed by atoms with E-state index in [0.717, 1.165) is 22.0 Å². The molecule has 0 saturated heterocycles. The molecule has 0 radical (unpaired) electrons. The summed E-state index contributed by atoms with van der Waals surface area (Å²) in [5.74, 6) is 0. The Morgan fingerprint density at radius 2 is 2.29 bits per heavy atom. The van der Waals surface area contributed by atoms with Crippen LogP contribution in [0.5, 0.6) is 0 Å². The fourth-order valence-corrected chi connectivity index (χ4v) is 2.12. The molecule has 0 spiro atoms. The zero-order valence-electron chi connectivity index (χ0n) is 7.83. The van der Waals surface area contributed by atoms with Gasteiger partial charge < -0.3 is 0 Å². The highest BCUT2D eigenvalue weighted by Crippen LogP contribution is 2.27. The van der Waals surface area contributed by atoms with Crippen LogP contribution in [0.2, 0.25) is 4.34 Å². The average molecular weight is 224 g/mol. The molecule has 0 aromatic carbocycles. The van der Waals surface area contributed by atoms with Gasteiger partial charge in [-0.05, 0) is 24.1 Å². The number of aromatic nitrogens is 1. The van der Waals surface area contributed by atoms with Crippen LogP contribution in [0.1, 0.15) is 12.5 Å². The molecule has 0 saturated carbocycles. The zero-order valence-corrected chi connectivity index (χ0v) is 9.40.